The molecule has 1 aliphatic heterocycles. The summed E-state index contributed by atoms with van der Waals surface area (Å²) in [4.78, 5) is 13.0. The van der Waals surface area contributed by atoms with Gasteiger partial charge in [0.05, 0.1) is 32.6 Å². The fourth-order valence-corrected chi connectivity index (χ4v) is 3.92. The second-order valence-electron chi connectivity index (χ2n) is 5.28. The third kappa shape index (κ3) is 6.00. The molecule has 0 amide bonds. The maximum absolute atomic E-state index is 13.3. The highest BCUT2D eigenvalue weighted by Gasteiger charge is 2.62. The van der Waals surface area contributed by atoms with E-state index >= 15 is 0 Å². The Hall–Kier alpha value is -1.03. The molecule has 1 heterocycles. The summed E-state index contributed by atoms with van der Waals surface area (Å²) in [7, 11) is -3.82. The highest BCUT2D eigenvalue weighted by atomic mass is 31.2. The quantitative estimate of drug-likeness (QED) is 0.331. The number of rotatable bonds is 9. The number of carbonyl (C=O) groups is 1. The van der Waals surface area contributed by atoms with Gasteiger partial charge in [-0.1, -0.05) is 0 Å². The molecule has 1 fully saturated rings. The molecule has 0 aromatic carbocycles. The molecule has 1 saturated heterocycles. The second-order valence-corrected chi connectivity index (χ2v) is 7.33. The van der Waals surface area contributed by atoms with Crippen molar-refractivity contribution in [2.24, 2.45) is 0 Å². The zero-order valence-electron chi connectivity index (χ0n) is 14.4. The van der Waals surface area contributed by atoms with Crippen LogP contribution in [0, 0.1) is 0 Å². The van der Waals surface area contributed by atoms with Crippen LogP contribution >= 0.6 is 7.60 Å². The Morgan fingerprint density at radius 2 is 1.62 bits per heavy atom. The lowest BCUT2D eigenvalue weighted by molar-refractivity contribution is -0.266. The van der Waals surface area contributed by atoms with Crippen LogP contribution in [-0.4, -0.2) is 68.5 Å². The molecule has 0 spiro atoms. The molecule has 0 N–H and O–H groups in total. The lowest BCUT2D eigenvalue weighted by atomic mass is 10.1. The molecule has 0 aromatic rings. The normalized spacial score (nSPS) is 17.5. The Kier molecular flexibility index (Phi) is 8.19. The topological polar surface area (TPSA) is 65.1 Å². The fourth-order valence-electron chi connectivity index (χ4n) is 2.19. The summed E-state index contributed by atoms with van der Waals surface area (Å²) in [5, 5.41) is 0. The number of hydrogen-bond acceptors (Lipinski definition) is 6. The van der Waals surface area contributed by atoms with Gasteiger partial charge in [-0.2, -0.15) is 22.0 Å². The Morgan fingerprint density at radius 3 is 2.04 bits per heavy atom. The maximum Gasteiger partial charge on any atom is 0.461 e. The van der Waals surface area contributed by atoms with Crippen molar-refractivity contribution in [3.63, 3.8) is 0 Å². The minimum atomic E-state index is -6.03. The highest BCUT2D eigenvalue weighted by Crippen LogP contribution is 2.50. The summed E-state index contributed by atoms with van der Waals surface area (Å²) >= 11 is 0. The molecular formula is C14H21F5NO5P. The van der Waals surface area contributed by atoms with Gasteiger partial charge in [0, 0.05) is 24.9 Å². The van der Waals surface area contributed by atoms with Crippen LogP contribution in [0.3, 0.4) is 0 Å². The number of alkyl halides is 5. The Bertz CT molecular complexity index is 550. The number of morpholine rings is 1. The minimum absolute atomic E-state index is 0.0275. The molecule has 0 saturated carbocycles. The summed E-state index contributed by atoms with van der Waals surface area (Å²) in [5.41, 5.74) is -0.271. The van der Waals surface area contributed by atoms with Crippen LogP contribution in [-0.2, 0) is 23.1 Å². The molecule has 0 atom stereocenters. The summed E-state index contributed by atoms with van der Waals surface area (Å²) in [6.45, 7) is 3.60. The van der Waals surface area contributed by atoms with Crippen molar-refractivity contribution in [2.75, 3.05) is 45.7 Å². The average Bonchev–Trinajstić information content (AvgIpc) is 2.54. The second kappa shape index (κ2) is 9.25. The number of ether oxygens (including phenoxy) is 1. The van der Waals surface area contributed by atoms with E-state index in [1.54, 1.807) is 0 Å². The van der Waals surface area contributed by atoms with Crippen molar-refractivity contribution in [1.82, 2.24) is 4.90 Å². The predicted octanol–water partition coefficient (Wildman–Crippen LogP) is 3.24. The van der Waals surface area contributed by atoms with Crippen LogP contribution in [0.15, 0.2) is 11.8 Å². The van der Waals surface area contributed by atoms with Gasteiger partial charge in [0.25, 0.3) is 0 Å². The highest BCUT2D eigenvalue weighted by molar-refractivity contribution is 7.54. The third-order valence-corrected chi connectivity index (χ3v) is 5.40. The monoisotopic (exact) mass is 409 g/mol. The first kappa shape index (κ1) is 23.0. The van der Waals surface area contributed by atoms with Gasteiger partial charge in [0.2, 0.25) is 5.78 Å². The van der Waals surface area contributed by atoms with E-state index in [9.17, 15) is 31.3 Å². The van der Waals surface area contributed by atoms with Gasteiger partial charge in [-0.25, -0.2) is 0 Å². The molecule has 26 heavy (non-hydrogen) atoms. The van der Waals surface area contributed by atoms with Crippen molar-refractivity contribution in [3.05, 3.63) is 11.8 Å². The van der Waals surface area contributed by atoms with Gasteiger partial charge in [-0.3, -0.25) is 9.36 Å². The van der Waals surface area contributed by atoms with Crippen molar-refractivity contribution < 1.29 is 45.1 Å². The van der Waals surface area contributed by atoms with E-state index in [4.69, 9.17) is 13.8 Å². The summed E-state index contributed by atoms with van der Waals surface area (Å²) in [5.74, 6) is -7.99. The van der Waals surface area contributed by atoms with Gasteiger partial charge in [-0.15, -0.1) is 0 Å². The Morgan fingerprint density at radius 1 is 1.12 bits per heavy atom. The Labute approximate surface area is 147 Å². The lowest BCUT2D eigenvalue weighted by Crippen LogP contribution is -2.44. The van der Waals surface area contributed by atoms with Crippen LogP contribution in [0.1, 0.15) is 13.8 Å². The van der Waals surface area contributed by atoms with Gasteiger partial charge >= 0.3 is 19.7 Å². The van der Waals surface area contributed by atoms with Gasteiger partial charge in [-0.05, 0) is 13.8 Å². The molecule has 1 rings (SSSR count). The first-order valence-electron chi connectivity index (χ1n) is 7.87. The Balaban J connectivity index is 3.19. The molecule has 0 bridgehead atoms. The van der Waals surface area contributed by atoms with E-state index in [2.05, 4.69) is 0 Å². The third-order valence-electron chi connectivity index (χ3n) is 3.39. The number of halogens is 5. The fraction of sp³-hybridized carbons (Fsp3) is 0.786. The molecule has 0 radical (unpaired) electrons. The first-order valence-corrected chi connectivity index (χ1v) is 9.60. The first-order chi connectivity index (χ1) is 12.0. The zero-order valence-corrected chi connectivity index (χ0v) is 15.2. The van der Waals surface area contributed by atoms with E-state index in [1.165, 1.54) is 18.7 Å². The maximum atomic E-state index is 13.3. The summed E-state index contributed by atoms with van der Waals surface area (Å²) < 4.78 is 91.6. The summed E-state index contributed by atoms with van der Waals surface area (Å²) in [6, 6.07) is 0. The molecule has 6 nitrogen and oxygen atoms in total. The van der Waals surface area contributed by atoms with E-state index in [-0.39, 0.29) is 51.3 Å². The zero-order chi connectivity index (χ0) is 20.0. The van der Waals surface area contributed by atoms with Crippen LogP contribution in [0.2, 0.25) is 0 Å². The minimum Gasteiger partial charge on any atom is -0.378 e. The number of ketones is 1. The van der Waals surface area contributed by atoms with Crippen molar-refractivity contribution >= 4 is 13.4 Å². The van der Waals surface area contributed by atoms with Crippen molar-refractivity contribution in [1.29, 1.82) is 0 Å². The SMILES string of the molecule is CCOP(=O)(C/C(=C/C(=O)C(F)(F)C(F)(F)F)N1CCOCC1)OCC. The van der Waals surface area contributed by atoms with Crippen LogP contribution in [0.5, 0.6) is 0 Å². The van der Waals surface area contributed by atoms with E-state index in [1.807, 2.05) is 0 Å². The molecule has 152 valence electrons. The summed E-state index contributed by atoms with van der Waals surface area (Å²) in [6.07, 6.45) is -6.46. The molecule has 1 aliphatic rings. The molecule has 0 aromatic heterocycles. The van der Waals surface area contributed by atoms with Crippen molar-refractivity contribution in [3.8, 4) is 0 Å². The van der Waals surface area contributed by atoms with Crippen LogP contribution < -0.4 is 0 Å². The number of hydrogen-bond donors (Lipinski definition) is 0. The van der Waals surface area contributed by atoms with E-state index in [0.29, 0.717) is 0 Å². The standard InChI is InChI=1S/C14H21F5NO5P/c1-3-24-26(22,25-4-2)10-11(20-5-7-23-8-6-20)9-12(21)13(15,16)14(17,18)19/h9H,3-8,10H2,1-2H3/b11-9-. The van der Waals surface area contributed by atoms with Crippen LogP contribution in [0.25, 0.3) is 0 Å². The molecule has 0 aliphatic carbocycles. The van der Waals surface area contributed by atoms with Crippen LogP contribution in [0.4, 0.5) is 22.0 Å². The van der Waals surface area contributed by atoms with E-state index in [0.717, 1.165) is 0 Å². The number of carbonyl (C=O) groups excluding carboxylic acids is 1. The van der Waals surface area contributed by atoms with Gasteiger partial charge in [0.1, 0.15) is 0 Å². The smallest absolute Gasteiger partial charge is 0.378 e. The number of nitrogens with zero attached hydrogens (tertiary/aromatic N) is 1. The average molecular weight is 409 g/mol. The largest absolute Gasteiger partial charge is 0.461 e. The molecule has 12 heteroatoms. The number of allylic oxidation sites excluding steroid dienone is 2. The van der Waals surface area contributed by atoms with Gasteiger partial charge in [0.15, 0.2) is 0 Å². The molecular weight excluding hydrogens is 388 g/mol. The van der Waals surface area contributed by atoms with E-state index < -0.39 is 31.6 Å². The van der Waals surface area contributed by atoms with Crippen molar-refractivity contribution in [2.45, 2.75) is 25.9 Å². The molecule has 0 unspecified atom stereocenters. The lowest BCUT2D eigenvalue weighted by Gasteiger charge is -2.32. The predicted molar refractivity (Wildman–Crippen MR) is 82.2 cm³/mol. The van der Waals surface area contributed by atoms with Gasteiger partial charge < -0.3 is 18.7 Å².